The topological polar surface area (TPSA) is 105 Å². The van der Waals surface area contributed by atoms with Crippen molar-refractivity contribution in [1.82, 2.24) is 19.9 Å². The predicted octanol–water partition coefficient (Wildman–Crippen LogP) is 3.05. The van der Waals surface area contributed by atoms with E-state index < -0.39 is 0 Å². The fourth-order valence-corrected chi connectivity index (χ4v) is 3.79. The summed E-state index contributed by atoms with van der Waals surface area (Å²) >= 11 is 0. The van der Waals surface area contributed by atoms with Crippen molar-refractivity contribution in [3.05, 3.63) is 54.5 Å². The molecule has 0 saturated carbocycles. The number of rotatable bonds is 4. The maximum absolute atomic E-state index is 12.7. The molecular formula is C23H25N7O3. The number of aromatic nitrogens is 3. The molecule has 3 aromatic rings. The number of nitrogens with zero attached hydrogens (tertiary/aromatic N) is 5. The van der Waals surface area contributed by atoms with E-state index in [1.165, 1.54) is 6.33 Å². The standard InChI is InChI=1S/C23H25N7O3/c1-16-4-5-24-20(12-16)28-21-14-22(26-15-25-21)29-6-8-30(9-7-29)23(31)27-17-2-3-18-19(13-17)33-11-10-32-18/h2-5,12-15H,6-11H2,1H3,(H,27,31)(H,24,25,26,28). The van der Waals surface area contributed by atoms with Crippen LogP contribution in [0.1, 0.15) is 5.56 Å². The molecular weight excluding hydrogens is 422 g/mol. The summed E-state index contributed by atoms with van der Waals surface area (Å²) < 4.78 is 11.1. The van der Waals surface area contributed by atoms with Gasteiger partial charge < -0.3 is 29.9 Å². The lowest BCUT2D eigenvalue weighted by Gasteiger charge is -2.35. The van der Waals surface area contributed by atoms with Gasteiger partial charge in [0.1, 0.15) is 37.0 Å². The van der Waals surface area contributed by atoms with Crippen LogP contribution in [0, 0.1) is 6.92 Å². The predicted molar refractivity (Wildman–Crippen MR) is 125 cm³/mol. The molecule has 0 atom stereocenters. The lowest BCUT2D eigenvalue weighted by atomic mass is 10.2. The number of fused-ring (bicyclic) bond motifs is 1. The number of anilines is 4. The highest BCUT2D eigenvalue weighted by atomic mass is 16.6. The Morgan fingerprint density at radius 1 is 0.909 bits per heavy atom. The van der Waals surface area contributed by atoms with Crippen molar-refractivity contribution in [3.63, 3.8) is 0 Å². The second-order valence-corrected chi connectivity index (χ2v) is 7.87. The molecule has 0 bridgehead atoms. The van der Waals surface area contributed by atoms with Crippen molar-refractivity contribution in [1.29, 1.82) is 0 Å². The number of piperazine rings is 1. The third-order valence-electron chi connectivity index (χ3n) is 5.51. The molecule has 1 saturated heterocycles. The Balaban J connectivity index is 1.17. The van der Waals surface area contributed by atoms with Gasteiger partial charge in [0.25, 0.3) is 0 Å². The number of hydrogen-bond acceptors (Lipinski definition) is 8. The molecule has 33 heavy (non-hydrogen) atoms. The van der Waals surface area contributed by atoms with Crippen LogP contribution in [0.2, 0.25) is 0 Å². The van der Waals surface area contributed by atoms with E-state index in [4.69, 9.17) is 9.47 Å². The summed E-state index contributed by atoms with van der Waals surface area (Å²) in [4.78, 5) is 29.7. The lowest BCUT2D eigenvalue weighted by molar-refractivity contribution is 0.171. The zero-order chi connectivity index (χ0) is 22.6. The Morgan fingerprint density at radius 2 is 1.70 bits per heavy atom. The highest BCUT2D eigenvalue weighted by molar-refractivity contribution is 5.90. The summed E-state index contributed by atoms with van der Waals surface area (Å²) in [6.45, 7) is 5.58. The van der Waals surface area contributed by atoms with Crippen LogP contribution in [0.25, 0.3) is 0 Å². The van der Waals surface area contributed by atoms with Crippen molar-refractivity contribution in [2.24, 2.45) is 0 Å². The van der Waals surface area contributed by atoms with Gasteiger partial charge >= 0.3 is 6.03 Å². The van der Waals surface area contributed by atoms with Gasteiger partial charge in [-0.1, -0.05) is 0 Å². The van der Waals surface area contributed by atoms with Crippen LogP contribution < -0.4 is 25.0 Å². The Morgan fingerprint density at radius 3 is 2.52 bits per heavy atom. The van der Waals surface area contributed by atoms with Crippen molar-refractivity contribution >= 4 is 29.2 Å². The quantitative estimate of drug-likeness (QED) is 0.629. The molecule has 0 spiro atoms. The van der Waals surface area contributed by atoms with E-state index in [0.29, 0.717) is 62.4 Å². The Labute approximate surface area is 191 Å². The fourth-order valence-electron chi connectivity index (χ4n) is 3.79. The van der Waals surface area contributed by atoms with Crippen LogP contribution in [0.4, 0.5) is 27.9 Å². The normalized spacial score (nSPS) is 15.2. The Kier molecular flexibility index (Phi) is 5.79. The maximum atomic E-state index is 12.7. The number of pyridine rings is 1. The smallest absolute Gasteiger partial charge is 0.321 e. The van der Waals surface area contributed by atoms with Crippen LogP contribution >= 0.6 is 0 Å². The second-order valence-electron chi connectivity index (χ2n) is 7.87. The van der Waals surface area contributed by atoms with Gasteiger partial charge in [-0.15, -0.1) is 0 Å². The first-order chi connectivity index (χ1) is 16.1. The van der Waals surface area contributed by atoms with Crippen molar-refractivity contribution in [2.75, 3.05) is 54.9 Å². The summed E-state index contributed by atoms with van der Waals surface area (Å²) in [5.74, 6) is 3.58. The number of hydrogen-bond donors (Lipinski definition) is 2. The lowest BCUT2D eigenvalue weighted by Crippen LogP contribution is -2.50. The summed E-state index contributed by atoms with van der Waals surface area (Å²) in [5, 5.41) is 6.17. The minimum atomic E-state index is -0.137. The zero-order valence-corrected chi connectivity index (χ0v) is 18.3. The highest BCUT2D eigenvalue weighted by Crippen LogP contribution is 2.32. The molecule has 2 aliphatic rings. The van der Waals surface area contributed by atoms with Gasteiger partial charge in [0.2, 0.25) is 0 Å². The second kappa shape index (κ2) is 9.19. The van der Waals surface area contributed by atoms with E-state index in [2.05, 4.69) is 30.5 Å². The van der Waals surface area contributed by atoms with Gasteiger partial charge in [-0.3, -0.25) is 0 Å². The van der Waals surface area contributed by atoms with Gasteiger partial charge in [0, 0.05) is 50.2 Å². The molecule has 0 radical (unpaired) electrons. The number of urea groups is 1. The first-order valence-corrected chi connectivity index (χ1v) is 10.9. The van der Waals surface area contributed by atoms with Crippen molar-refractivity contribution < 1.29 is 14.3 Å². The number of nitrogens with one attached hydrogen (secondary N) is 2. The van der Waals surface area contributed by atoms with Crippen molar-refractivity contribution in [3.8, 4) is 11.5 Å². The molecule has 170 valence electrons. The first kappa shape index (κ1) is 20.8. The summed E-state index contributed by atoms with van der Waals surface area (Å²) in [6.07, 6.45) is 3.30. The van der Waals surface area contributed by atoms with E-state index in [9.17, 15) is 4.79 Å². The molecule has 0 aliphatic carbocycles. The third-order valence-corrected chi connectivity index (χ3v) is 5.51. The monoisotopic (exact) mass is 447 g/mol. The average Bonchev–Trinajstić information content (AvgIpc) is 2.84. The molecule has 1 fully saturated rings. The molecule has 2 aliphatic heterocycles. The third kappa shape index (κ3) is 4.89. The zero-order valence-electron chi connectivity index (χ0n) is 18.3. The molecule has 2 N–H and O–H groups in total. The largest absolute Gasteiger partial charge is 0.486 e. The maximum Gasteiger partial charge on any atom is 0.321 e. The van der Waals surface area contributed by atoms with Gasteiger partial charge in [-0.25, -0.2) is 19.7 Å². The first-order valence-electron chi connectivity index (χ1n) is 10.9. The van der Waals surface area contributed by atoms with Gasteiger partial charge in [0.15, 0.2) is 11.5 Å². The minimum absolute atomic E-state index is 0.137. The molecule has 10 nitrogen and oxygen atoms in total. The Hall–Kier alpha value is -4.08. The van der Waals surface area contributed by atoms with Crippen LogP contribution in [-0.4, -0.2) is 65.3 Å². The molecule has 5 rings (SSSR count). The number of carbonyl (C=O) groups is 1. The highest BCUT2D eigenvalue weighted by Gasteiger charge is 2.23. The van der Waals surface area contributed by atoms with E-state index in [0.717, 1.165) is 17.2 Å². The van der Waals surface area contributed by atoms with Gasteiger partial charge in [-0.2, -0.15) is 0 Å². The fraction of sp³-hybridized carbons (Fsp3) is 0.304. The van der Waals surface area contributed by atoms with Gasteiger partial charge in [0.05, 0.1) is 0 Å². The molecule has 2 aromatic heterocycles. The number of ether oxygens (including phenoxy) is 2. The number of amides is 2. The number of carbonyl (C=O) groups excluding carboxylic acids is 1. The van der Waals surface area contributed by atoms with E-state index in [1.54, 1.807) is 17.2 Å². The Bertz CT molecular complexity index is 1150. The molecule has 2 amide bonds. The molecule has 0 unspecified atom stereocenters. The summed E-state index contributed by atoms with van der Waals surface area (Å²) in [5.41, 5.74) is 1.80. The molecule has 4 heterocycles. The van der Waals surface area contributed by atoms with E-state index >= 15 is 0 Å². The minimum Gasteiger partial charge on any atom is -0.486 e. The van der Waals surface area contributed by atoms with Gasteiger partial charge in [-0.05, 0) is 36.8 Å². The summed E-state index contributed by atoms with van der Waals surface area (Å²) in [6, 6.07) is 11.1. The SMILES string of the molecule is Cc1ccnc(Nc2cc(N3CCN(C(=O)Nc4ccc5c(c4)OCCO5)CC3)ncn2)c1. The molecule has 1 aromatic carbocycles. The van der Waals surface area contributed by atoms with Crippen molar-refractivity contribution in [2.45, 2.75) is 6.92 Å². The number of benzene rings is 1. The molecule has 10 heteroatoms. The average molecular weight is 447 g/mol. The number of aryl methyl sites for hydroxylation is 1. The van der Waals surface area contributed by atoms with E-state index in [1.807, 2.05) is 37.3 Å². The van der Waals surface area contributed by atoms with Crippen LogP contribution in [0.5, 0.6) is 11.5 Å². The van der Waals surface area contributed by atoms with E-state index in [-0.39, 0.29) is 6.03 Å². The van der Waals surface area contributed by atoms with Crippen LogP contribution in [0.3, 0.4) is 0 Å². The summed E-state index contributed by atoms with van der Waals surface area (Å²) in [7, 11) is 0. The van der Waals surface area contributed by atoms with Crippen LogP contribution in [-0.2, 0) is 0 Å². The van der Waals surface area contributed by atoms with Crippen LogP contribution in [0.15, 0.2) is 48.9 Å².